The molecule has 0 aliphatic carbocycles. The van der Waals surface area contributed by atoms with Gasteiger partial charge < -0.3 is 10.1 Å². The summed E-state index contributed by atoms with van der Waals surface area (Å²) in [6.45, 7) is 5.66. The number of hydrogen-bond acceptors (Lipinski definition) is 2. The average molecular weight is 217 g/mol. The maximum absolute atomic E-state index is 5.40. The third kappa shape index (κ3) is 3.47. The van der Waals surface area contributed by atoms with E-state index >= 15 is 0 Å². The zero-order valence-corrected chi connectivity index (χ0v) is 9.83. The lowest BCUT2D eigenvalue weighted by Crippen LogP contribution is -2.21. The number of rotatable bonds is 4. The zero-order valence-electron chi connectivity index (χ0n) is 9.83. The van der Waals surface area contributed by atoms with Crippen molar-refractivity contribution >= 4 is 0 Å². The lowest BCUT2D eigenvalue weighted by Gasteiger charge is -2.14. The summed E-state index contributed by atoms with van der Waals surface area (Å²) in [6.07, 6.45) is 3.34. The molecule has 2 nitrogen and oxygen atoms in total. The minimum absolute atomic E-state index is 0.792. The van der Waals surface area contributed by atoms with E-state index in [0.29, 0.717) is 0 Å². The van der Waals surface area contributed by atoms with Crippen molar-refractivity contribution in [1.29, 1.82) is 0 Å². The maximum atomic E-state index is 5.40. The zero-order chi connectivity index (χ0) is 11.2. The summed E-state index contributed by atoms with van der Waals surface area (Å²) < 4.78 is 5.40. The van der Waals surface area contributed by atoms with Gasteiger partial charge in [0.05, 0.1) is 13.2 Å². The molecule has 0 saturated heterocycles. The highest BCUT2D eigenvalue weighted by Crippen LogP contribution is 2.06. The fourth-order valence-corrected chi connectivity index (χ4v) is 1.92. The van der Waals surface area contributed by atoms with E-state index in [9.17, 15) is 0 Å². The van der Waals surface area contributed by atoms with E-state index in [4.69, 9.17) is 4.74 Å². The molecule has 0 bridgehead atoms. The van der Waals surface area contributed by atoms with Crippen molar-refractivity contribution in [3.63, 3.8) is 0 Å². The summed E-state index contributed by atoms with van der Waals surface area (Å²) in [4.78, 5) is 0. The molecule has 0 atom stereocenters. The molecule has 1 N–H and O–H groups in total. The summed E-state index contributed by atoms with van der Waals surface area (Å²) in [7, 11) is 0. The van der Waals surface area contributed by atoms with Crippen molar-refractivity contribution in [2.75, 3.05) is 19.8 Å². The molecule has 0 amide bonds. The fourth-order valence-electron chi connectivity index (χ4n) is 1.92. The molecule has 0 spiro atoms. The minimum Gasteiger partial charge on any atom is -0.377 e. The highest BCUT2D eigenvalue weighted by atomic mass is 16.5. The lowest BCUT2D eigenvalue weighted by molar-refractivity contribution is 0.149. The van der Waals surface area contributed by atoms with E-state index < -0.39 is 0 Å². The van der Waals surface area contributed by atoms with Crippen molar-refractivity contribution in [2.45, 2.75) is 19.9 Å². The molecule has 16 heavy (non-hydrogen) atoms. The molecular formula is C14H19NO. The molecule has 2 heteroatoms. The Hall–Kier alpha value is -1.12. The largest absolute Gasteiger partial charge is 0.377 e. The third-order valence-electron chi connectivity index (χ3n) is 2.75. The maximum Gasteiger partial charge on any atom is 0.0689 e. The van der Waals surface area contributed by atoms with Gasteiger partial charge in [-0.05, 0) is 24.5 Å². The molecule has 2 rings (SSSR count). The van der Waals surface area contributed by atoms with Gasteiger partial charge in [-0.1, -0.05) is 35.9 Å². The van der Waals surface area contributed by atoms with Crippen LogP contribution in [0.15, 0.2) is 35.9 Å². The number of nitrogens with one attached hydrogen (secondary N) is 1. The van der Waals surface area contributed by atoms with Crippen LogP contribution in [0, 0.1) is 6.92 Å². The first-order valence-electron chi connectivity index (χ1n) is 5.86. The van der Waals surface area contributed by atoms with E-state index in [-0.39, 0.29) is 0 Å². The van der Waals surface area contributed by atoms with Crippen LogP contribution in [0.2, 0.25) is 0 Å². The fraction of sp³-hybridized carbons (Fsp3) is 0.429. The molecule has 0 unspecified atom stereocenters. The standard InChI is InChI=1S/C14H19NO/c1-12-4-2-5-13(8-12)9-15-10-14-6-3-7-16-11-14/h2,4-6,8,15H,3,7,9-11H2,1H3. The summed E-state index contributed by atoms with van der Waals surface area (Å²) in [5.74, 6) is 0. The van der Waals surface area contributed by atoms with Crippen molar-refractivity contribution in [1.82, 2.24) is 5.32 Å². The molecule has 1 heterocycles. The molecule has 0 fully saturated rings. The monoisotopic (exact) mass is 217 g/mol. The molecule has 1 aliphatic heterocycles. The van der Waals surface area contributed by atoms with Crippen LogP contribution in [0.5, 0.6) is 0 Å². The van der Waals surface area contributed by atoms with Gasteiger partial charge in [-0.3, -0.25) is 0 Å². The summed E-state index contributed by atoms with van der Waals surface area (Å²) in [6, 6.07) is 8.61. The van der Waals surface area contributed by atoms with Gasteiger partial charge >= 0.3 is 0 Å². The van der Waals surface area contributed by atoms with E-state index in [1.165, 1.54) is 16.7 Å². The number of ether oxygens (including phenoxy) is 1. The van der Waals surface area contributed by atoms with Crippen LogP contribution in [-0.4, -0.2) is 19.8 Å². The topological polar surface area (TPSA) is 21.3 Å². The number of aryl methyl sites for hydroxylation is 1. The van der Waals surface area contributed by atoms with Crippen LogP contribution in [0.4, 0.5) is 0 Å². The Morgan fingerprint density at radius 2 is 2.25 bits per heavy atom. The highest BCUT2D eigenvalue weighted by molar-refractivity contribution is 5.22. The minimum atomic E-state index is 0.792. The lowest BCUT2D eigenvalue weighted by atomic mass is 10.1. The van der Waals surface area contributed by atoms with Gasteiger partial charge in [0.2, 0.25) is 0 Å². The SMILES string of the molecule is Cc1cccc(CNCC2=CCCOC2)c1. The first-order valence-corrected chi connectivity index (χ1v) is 5.86. The van der Waals surface area contributed by atoms with Crippen LogP contribution >= 0.6 is 0 Å². The van der Waals surface area contributed by atoms with Gasteiger partial charge in [0, 0.05) is 13.1 Å². The van der Waals surface area contributed by atoms with E-state index in [2.05, 4.69) is 42.6 Å². The Morgan fingerprint density at radius 1 is 1.31 bits per heavy atom. The average Bonchev–Trinajstić information content (AvgIpc) is 2.30. The second-order valence-corrected chi connectivity index (χ2v) is 4.30. The van der Waals surface area contributed by atoms with Gasteiger partial charge in [0.15, 0.2) is 0 Å². The predicted octanol–water partition coefficient (Wildman–Crippen LogP) is 2.43. The molecule has 1 aromatic carbocycles. The molecule has 0 aromatic heterocycles. The van der Waals surface area contributed by atoms with Crippen LogP contribution < -0.4 is 5.32 Å². The molecule has 1 aliphatic rings. The van der Waals surface area contributed by atoms with Crippen molar-refractivity contribution in [3.8, 4) is 0 Å². The Labute approximate surface area is 97.3 Å². The van der Waals surface area contributed by atoms with Crippen molar-refractivity contribution in [3.05, 3.63) is 47.0 Å². The summed E-state index contributed by atoms with van der Waals surface area (Å²) >= 11 is 0. The van der Waals surface area contributed by atoms with E-state index in [1.54, 1.807) is 0 Å². The number of benzene rings is 1. The van der Waals surface area contributed by atoms with Gasteiger partial charge in [0.25, 0.3) is 0 Å². The van der Waals surface area contributed by atoms with Crippen molar-refractivity contribution in [2.24, 2.45) is 0 Å². The Bertz CT molecular complexity index is 371. The third-order valence-corrected chi connectivity index (χ3v) is 2.75. The predicted molar refractivity (Wildman–Crippen MR) is 66.4 cm³/mol. The van der Waals surface area contributed by atoms with E-state index in [1.807, 2.05) is 0 Å². The Morgan fingerprint density at radius 3 is 3.00 bits per heavy atom. The van der Waals surface area contributed by atoms with Crippen LogP contribution in [0.1, 0.15) is 17.5 Å². The highest BCUT2D eigenvalue weighted by Gasteiger charge is 2.02. The molecule has 1 aromatic rings. The smallest absolute Gasteiger partial charge is 0.0689 e. The molecular weight excluding hydrogens is 198 g/mol. The van der Waals surface area contributed by atoms with Gasteiger partial charge in [-0.25, -0.2) is 0 Å². The number of hydrogen-bond donors (Lipinski definition) is 1. The van der Waals surface area contributed by atoms with Gasteiger partial charge in [0.1, 0.15) is 0 Å². The summed E-state index contributed by atoms with van der Waals surface area (Å²) in [5, 5.41) is 3.45. The molecule has 0 radical (unpaired) electrons. The van der Waals surface area contributed by atoms with Gasteiger partial charge in [-0.2, -0.15) is 0 Å². The quantitative estimate of drug-likeness (QED) is 0.782. The second kappa shape index (κ2) is 5.83. The first-order chi connectivity index (χ1) is 7.84. The Kier molecular flexibility index (Phi) is 4.14. The molecule has 86 valence electrons. The first kappa shape index (κ1) is 11.4. The van der Waals surface area contributed by atoms with Crippen LogP contribution in [-0.2, 0) is 11.3 Å². The normalized spacial score (nSPS) is 15.9. The second-order valence-electron chi connectivity index (χ2n) is 4.30. The Balaban J connectivity index is 1.77. The summed E-state index contributed by atoms with van der Waals surface area (Å²) in [5.41, 5.74) is 4.04. The van der Waals surface area contributed by atoms with Gasteiger partial charge in [-0.15, -0.1) is 0 Å². The van der Waals surface area contributed by atoms with E-state index in [0.717, 1.165) is 32.7 Å². The van der Waals surface area contributed by atoms with Crippen molar-refractivity contribution < 1.29 is 4.74 Å². The van der Waals surface area contributed by atoms with Crippen LogP contribution in [0.3, 0.4) is 0 Å². The van der Waals surface area contributed by atoms with Crippen LogP contribution in [0.25, 0.3) is 0 Å². The molecule has 0 saturated carbocycles.